The number of H-pyrrole nitrogens is 1. The number of hydrogen-bond donors (Lipinski definition) is 1. The predicted octanol–water partition coefficient (Wildman–Crippen LogP) is 3.64. The Bertz CT molecular complexity index is 996. The molecule has 0 bridgehead atoms. The Balaban J connectivity index is 2.27. The summed E-state index contributed by atoms with van der Waals surface area (Å²) in [4.78, 5) is 18.5. The van der Waals surface area contributed by atoms with Crippen LogP contribution in [-0.4, -0.2) is 32.6 Å². The Morgan fingerprint density at radius 3 is 2.65 bits per heavy atom. The number of nitrogens with one attached hydrogen (secondary N) is 1. The number of rotatable bonds is 5. The molecule has 26 heavy (non-hydrogen) atoms. The van der Waals surface area contributed by atoms with E-state index in [-0.39, 0.29) is 22.6 Å². The molecule has 10 heteroatoms. The van der Waals surface area contributed by atoms with E-state index in [1.165, 1.54) is 12.1 Å². The fraction of sp³-hybridized carbons (Fsp3) is 0.312. The van der Waals surface area contributed by atoms with Gasteiger partial charge < -0.3 is 4.74 Å². The van der Waals surface area contributed by atoms with Crippen molar-refractivity contribution in [2.45, 2.75) is 26.2 Å². The van der Waals surface area contributed by atoms with Gasteiger partial charge in [0.1, 0.15) is 5.82 Å². The average Bonchev–Trinajstić information content (AvgIpc) is 2.92. The smallest absolute Gasteiger partial charge is 0.352 e. The second kappa shape index (κ2) is 6.99. The third-order valence-electron chi connectivity index (χ3n) is 3.55. The summed E-state index contributed by atoms with van der Waals surface area (Å²) in [5, 5.41) is 4.39. The molecule has 3 aromatic rings. The van der Waals surface area contributed by atoms with Gasteiger partial charge in [-0.1, -0.05) is 25.4 Å². The fourth-order valence-electron chi connectivity index (χ4n) is 2.53. The predicted molar refractivity (Wildman–Crippen MR) is 89.6 cm³/mol. The minimum Gasteiger partial charge on any atom is -0.459 e. The molecule has 1 aromatic carbocycles. The summed E-state index contributed by atoms with van der Waals surface area (Å²) in [5.74, 6) is -0.695. The van der Waals surface area contributed by atoms with Gasteiger partial charge in [0.25, 0.3) is 12.4 Å². The molecule has 0 amide bonds. The van der Waals surface area contributed by atoms with E-state index in [1.807, 2.05) is 13.8 Å². The molecule has 0 saturated heterocycles. The number of alkyl halides is 2. The Morgan fingerprint density at radius 1 is 1.31 bits per heavy atom. The van der Waals surface area contributed by atoms with Crippen LogP contribution in [0.5, 0.6) is 6.01 Å². The molecule has 0 unspecified atom stereocenters. The molecule has 6 nitrogen and oxygen atoms in total. The van der Waals surface area contributed by atoms with Crippen molar-refractivity contribution < 1.29 is 17.9 Å². The first-order valence-electron chi connectivity index (χ1n) is 7.66. The van der Waals surface area contributed by atoms with Gasteiger partial charge in [-0.2, -0.15) is 14.6 Å². The molecule has 2 aromatic heterocycles. The van der Waals surface area contributed by atoms with Crippen LogP contribution < -0.4 is 10.4 Å². The Hall–Kier alpha value is -2.55. The summed E-state index contributed by atoms with van der Waals surface area (Å²) in [7, 11) is 0. The van der Waals surface area contributed by atoms with E-state index in [0.29, 0.717) is 16.8 Å². The highest BCUT2D eigenvalue weighted by Crippen LogP contribution is 2.33. The maximum atomic E-state index is 13.8. The quantitative estimate of drug-likeness (QED) is 0.726. The first kappa shape index (κ1) is 18.2. The van der Waals surface area contributed by atoms with Crippen LogP contribution in [0.15, 0.2) is 23.0 Å². The molecule has 0 spiro atoms. The molecular formula is C16H14ClF3N4O2. The van der Waals surface area contributed by atoms with E-state index in [1.54, 1.807) is 0 Å². The number of aromatic amines is 1. The summed E-state index contributed by atoms with van der Waals surface area (Å²) >= 11 is 5.93. The number of hydrogen-bond acceptors (Lipinski definition) is 4. The molecule has 0 saturated carbocycles. The van der Waals surface area contributed by atoms with Crippen LogP contribution in [0.1, 0.15) is 25.5 Å². The van der Waals surface area contributed by atoms with Gasteiger partial charge in [-0.05, 0) is 29.7 Å². The Labute approximate surface area is 150 Å². The van der Waals surface area contributed by atoms with E-state index >= 15 is 0 Å². The number of ether oxygens (including phenoxy) is 1. The molecule has 0 fully saturated rings. The number of aromatic nitrogens is 4. The van der Waals surface area contributed by atoms with E-state index in [2.05, 4.69) is 15.1 Å². The molecule has 0 aliphatic heterocycles. The van der Waals surface area contributed by atoms with E-state index in [9.17, 15) is 18.0 Å². The third kappa shape index (κ3) is 3.52. The molecule has 0 radical (unpaired) electrons. The van der Waals surface area contributed by atoms with Gasteiger partial charge in [-0.3, -0.25) is 4.98 Å². The maximum Gasteiger partial charge on any atom is 0.352 e. The molecule has 1 N–H and O–H groups in total. The van der Waals surface area contributed by atoms with Crippen molar-refractivity contribution in [3.05, 3.63) is 45.2 Å². The SMILES string of the molecule is CC(C)c1nn2c(=O)[nH]c(OCC(F)F)nc2c1-c1cc(F)cc(Cl)c1. The molecule has 0 aliphatic carbocycles. The first-order valence-corrected chi connectivity index (χ1v) is 8.04. The summed E-state index contributed by atoms with van der Waals surface area (Å²) in [6, 6.07) is 3.51. The summed E-state index contributed by atoms with van der Waals surface area (Å²) < 4.78 is 44.3. The van der Waals surface area contributed by atoms with Crippen LogP contribution >= 0.6 is 11.6 Å². The lowest BCUT2D eigenvalue weighted by Crippen LogP contribution is -2.21. The van der Waals surface area contributed by atoms with Crippen molar-refractivity contribution in [1.29, 1.82) is 0 Å². The molecule has 2 heterocycles. The third-order valence-corrected chi connectivity index (χ3v) is 3.76. The van der Waals surface area contributed by atoms with Gasteiger partial charge in [0.05, 0.1) is 11.3 Å². The standard InChI is InChI=1S/C16H14ClF3N4O2/c1-7(2)13-12(8-3-9(17)5-10(18)4-8)14-21-15(26-6-11(19)20)22-16(25)24(14)23-13/h3-5,7,11H,6H2,1-2H3,(H,21,22,25). The highest BCUT2D eigenvalue weighted by Gasteiger charge is 2.22. The minimum atomic E-state index is -2.73. The lowest BCUT2D eigenvalue weighted by Gasteiger charge is -2.07. The molecular weight excluding hydrogens is 373 g/mol. The minimum absolute atomic E-state index is 0.0587. The Kier molecular flexibility index (Phi) is 4.90. The van der Waals surface area contributed by atoms with Crippen molar-refractivity contribution >= 4 is 17.2 Å². The van der Waals surface area contributed by atoms with Gasteiger partial charge in [-0.25, -0.2) is 18.0 Å². The summed E-state index contributed by atoms with van der Waals surface area (Å²) in [6.45, 7) is 2.76. The van der Waals surface area contributed by atoms with E-state index < -0.39 is 24.5 Å². The van der Waals surface area contributed by atoms with Gasteiger partial charge in [-0.15, -0.1) is 0 Å². The number of benzene rings is 1. The van der Waals surface area contributed by atoms with Gasteiger partial charge in [0.15, 0.2) is 12.3 Å². The van der Waals surface area contributed by atoms with Gasteiger partial charge in [0.2, 0.25) is 0 Å². The highest BCUT2D eigenvalue weighted by molar-refractivity contribution is 6.30. The van der Waals surface area contributed by atoms with Crippen LogP contribution in [0.25, 0.3) is 16.8 Å². The van der Waals surface area contributed by atoms with Crippen molar-refractivity contribution in [2.24, 2.45) is 0 Å². The van der Waals surface area contributed by atoms with Crippen molar-refractivity contribution in [3.8, 4) is 17.1 Å². The fourth-order valence-corrected chi connectivity index (χ4v) is 2.75. The zero-order valence-corrected chi connectivity index (χ0v) is 14.5. The average molecular weight is 387 g/mol. The lowest BCUT2D eigenvalue weighted by atomic mass is 9.99. The van der Waals surface area contributed by atoms with Crippen molar-refractivity contribution in [2.75, 3.05) is 6.61 Å². The number of nitrogens with zero attached hydrogens (tertiary/aromatic N) is 3. The number of fused-ring (bicyclic) bond motifs is 1. The monoisotopic (exact) mass is 386 g/mol. The van der Waals surface area contributed by atoms with Crippen molar-refractivity contribution in [1.82, 2.24) is 19.6 Å². The number of halogens is 4. The summed E-state index contributed by atoms with van der Waals surface area (Å²) in [6.07, 6.45) is -2.73. The zero-order chi connectivity index (χ0) is 19.0. The van der Waals surface area contributed by atoms with Crippen LogP contribution in [-0.2, 0) is 0 Å². The topological polar surface area (TPSA) is 72.3 Å². The van der Waals surface area contributed by atoms with Crippen LogP contribution in [0.2, 0.25) is 5.02 Å². The van der Waals surface area contributed by atoms with E-state index in [4.69, 9.17) is 16.3 Å². The highest BCUT2D eigenvalue weighted by atomic mass is 35.5. The van der Waals surface area contributed by atoms with Crippen LogP contribution in [0.3, 0.4) is 0 Å². The molecule has 0 atom stereocenters. The molecule has 0 aliphatic rings. The molecule has 138 valence electrons. The first-order chi connectivity index (χ1) is 12.3. The van der Waals surface area contributed by atoms with E-state index in [0.717, 1.165) is 10.6 Å². The van der Waals surface area contributed by atoms with Crippen molar-refractivity contribution in [3.63, 3.8) is 0 Å². The second-order valence-corrected chi connectivity index (χ2v) is 6.29. The Morgan fingerprint density at radius 2 is 2.04 bits per heavy atom. The van der Waals surface area contributed by atoms with Gasteiger partial charge in [0, 0.05) is 5.02 Å². The normalized spacial score (nSPS) is 11.7. The summed E-state index contributed by atoms with van der Waals surface area (Å²) in [5.41, 5.74) is 0.579. The lowest BCUT2D eigenvalue weighted by molar-refractivity contribution is 0.0768. The zero-order valence-electron chi connectivity index (χ0n) is 13.8. The maximum absolute atomic E-state index is 13.8. The van der Waals surface area contributed by atoms with Crippen LogP contribution in [0.4, 0.5) is 13.2 Å². The molecule has 3 rings (SSSR count). The van der Waals surface area contributed by atoms with Gasteiger partial charge >= 0.3 is 5.69 Å². The largest absolute Gasteiger partial charge is 0.459 e. The van der Waals surface area contributed by atoms with Crippen LogP contribution in [0, 0.1) is 5.82 Å². The second-order valence-electron chi connectivity index (χ2n) is 5.86.